The van der Waals surface area contributed by atoms with E-state index in [4.69, 9.17) is 8.83 Å². The van der Waals surface area contributed by atoms with E-state index in [2.05, 4.69) is 51.2 Å². The van der Waals surface area contributed by atoms with Gasteiger partial charge in [-0.3, -0.25) is 19.9 Å². The van der Waals surface area contributed by atoms with Crippen LogP contribution in [0.25, 0.3) is 66.9 Å². The molecule has 12 aromatic rings. The first-order valence-electron chi connectivity index (χ1n) is 21.4. The van der Waals surface area contributed by atoms with Gasteiger partial charge < -0.3 is 30.1 Å². The Bertz CT molecular complexity index is 3470. The third kappa shape index (κ3) is 9.05. The first-order valence-corrected chi connectivity index (χ1v) is 21.4. The van der Waals surface area contributed by atoms with Crippen LogP contribution in [-0.4, -0.2) is 29.9 Å². The molecule has 14 heteroatoms. The summed E-state index contributed by atoms with van der Waals surface area (Å²) in [4.78, 5) is 25.9. The number of oxazole rings is 2. The van der Waals surface area contributed by atoms with Crippen molar-refractivity contribution in [3.63, 3.8) is 0 Å². The van der Waals surface area contributed by atoms with Gasteiger partial charge in [0, 0.05) is 111 Å². The highest BCUT2D eigenvalue weighted by molar-refractivity contribution is 5.95. The molecule has 0 saturated carbocycles. The van der Waals surface area contributed by atoms with Crippen LogP contribution in [0.15, 0.2) is 204 Å². The second-order valence-corrected chi connectivity index (χ2v) is 15.6. The predicted molar refractivity (Wildman–Crippen MR) is 264 cm³/mol. The van der Waals surface area contributed by atoms with Crippen molar-refractivity contribution in [2.75, 3.05) is 21.3 Å². The van der Waals surface area contributed by atoms with Crippen molar-refractivity contribution in [2.45, 2.75) is 0 Å². The molecule has 0 unspecified atom stereocenters. The van der Waals surface area contributed by atoms with E-state index in [1.807, 2.05) is 121 Å². The highest BCUT2D eigenvalue weighted by atomic mass is 19.1. The second kappa shape index (κ2) is 18.1. The number of nitrogens with one attached hydrogen (secondary N) is 4. The quantitative estimate of drug-likeness (QED) is 0.103. The van der Waals surface area contributed by atoms with Crippen LogP contribution in [0.1, 0.15) is 0 Å². The van der Waals surface area contributed by atoms with Crippen LogP contribution in [0, 0.1) is 11.6 Å². The number of anilines is 8. The molecule has 0 aliphatic rings. The van der Waals surface area contributed by atoms with Gasteiger partial charge in [0.15, 0.2) is 11.2 Å². The van der Waals surface area contributed by atoms with Gasteiger partial charge in [0.25, 0.3) is 0 Å². The molecule has 0 aliphatic heterocycles. The summed E-state index contributed by atoms with van der Waals surface area (Å²) in [5.41, 5.74) is 13.0. The number of pyridine rings is 4. The summed E-state index contributed by atoms with van der Waals surface area (Å²) in [6.45, 7) is 0. The van der Waals surface area contributed by atoms with Gasteiger partial charge in [-0.2, -0.15) is 0 Å². The Morgan fingerprint density at radius 3 is 1.32 bits per heavy atom. The minimum atomic E-state index is -0.305. The largest absolute Gasteiger partial charge is 0.436 e. The van der Waals surface area contributed by atoms with E-state index in [1.54, 1.807) is 49.3 Å². The van der Waals surface area contributed by atoms with Crippen molar-refractivity contribution in [1.29, 1.82) is 0 Å². The molecule has 0 aliphatic carbocycles. The lowest BCUT2D eigenvalue weighted by molar-refractivity contribution is 0.619. The van der Waals surface area contributed by atoms with Gasteiger partial charge in [0.1, 0.15) is 22.7 Å². The van der Waals surface area contributed by atoms with Crippen molar-refractivity contribution in [3.05, 3.63) is 207 Å². The zero-order chi connectivity index (χ0) is 45.8. The van der Waals surface area contributed by atoms with Crippen molar-refractivity contribution in [2.24, 2.45) is 0 Å². The fourth-order valence-electron chi connectivity index (χ4n) is 7.62. The maximum absolute atomic E-state index is 13.8. The Morgan fingerprint density at radius 1 is 0.338 bits per heavy atom. The van der Waals surface area contributed by atoms with E-state index in [0.717, 1.165) is 78.7 Å². The lowest BCUT2D eigenvalue weighted by Gasteiger charge is -2.09. The van der Waals surface area contributed by atoms with Crippen molar-refractivity contribution in [3.8, 4) is 22.9 Å². The highest BCUT2D eigenvalue weighted by Gasteiger charge is 2.13. The van der Waals surface area contributed by atoms with Crippen LogP contribution in [-0.2, 0) is 0 Å². The number of nitrogens with zero attached hydrogens (tertiary/aromatic N) is 6. The minimum Gasteiger partial charge on any atom is -0.436 e. The Balaban J connectivity index is 0.000000149. The number of aromatic nitrogens is 6. The fourth-order valence-corrected chi connectivity index (χ4v) is 7.62. The van der Waals surface area contributed by atoms with Crippen LogP contribution in [0.3, 0.4) is 0 Å². The fraction of sp³-hybridized carbons (Fsp3) is 0. The molecule has 68 heavy (non-hydrogen) atoms. The summed E-state index contributed by atoms with van der Waals surface area (Å²) in [6, 6.07) is 47.5. The highest BCUT2D eigenvalue weighted by Crippen LogP contribution is 2.33. The summed E-state index contributed by atoms with van der Waals surface area (Å²) in [6.07, 6.45) is 10.4. The lowest BCUT2D eigenvalue weighted by Crippen LogP contribution is -1.93. The van der Waals surface area contributed by atoms with E-state index in [0.29, 0.717) is 33.7 Å². The minimum absolute atomic E-state index is 0.304. The van der Waals surface area contributed by atoms with Gasteiger partial charge in [-0.05, 0) is 152 Å². The number of fused-ring (bicyclic) bond motifs is 4. The van der Waals surface area contributed by atoms with Crippen LogP contribution in [0.4, 0.5) is 54.3 Å². The Kier molecular flexibility index (Phi) is 11.0. The molecule has 6 aromatic heterocycles. The van der Waals surface area contributed by atoms with Crippen molar-refractivity contribution < 1.29 is 17.6 Å². The molecule has 12 nitrogen and oxygen atoms in total. The van der Waals surface area contributed by atoms with Gasteiger partial charge in [-0.25, -0.2) is 18.7 Å². The zero-order valence-electron chi connectivity index (χ0n) is 35.7. The number of benzene rings is 6. The van der Waals surface area contributed by atoms with Gasteiger partial charge in [0.2, 0.25) is 11.8 Å². The van der Waals surface area contributed by atoms with E-state index < -0.39 is 0 Å². The third-order valence-electron chi connectivity index (χ3n) is 10.9. The molecule has 0 radical (unpaired) electrons. The smallest absolute Gasteiger partial charge is 0.227 e. The average Bonchev–Trinajstić information content (AvgIpc) is 4.00. The molecule has 0 fully saturated rings. The van der Waals surface area contributed by atoms with Gasteiger partial charge in [-0.1, -0.05) is 0 Å². The van der Waals surface area contributed by atoms with Crippen molar-refractivity contribution in [1.82, 2.24) is 29.9 Å². The second-order valence-electron chi connectivity index (χ2n) is 15.6. The van der Waals surface area contributed by atoms with Crippen LogP contribution in [0.2, 0.25) is 0 Å². The molecule has 0 bridgehead atoms. The molecule has 0 amide bonds. The predicted octanol–water partition coefficient (Wildman–Crippen LogP) is 14.1. The zero-order valence-corrected chi connectivity index (χ0v) is 35.7. The lowest BCUT2D eigenvalue weighted by atomic mass is 10.1. The van der Waals surface area contributed by atoms with Crippen molar-refractivity contribution >= 4 is 89.5 Å². The molecule has 6 aromatic carbocycles. The van der Waals surface area contributed by atoms with Crippen LogP contribution in [0.5, 0.6) is 0 Å². The molecule has 12 rings (SSSR count). The summed E-state index contributed by atoms with van der Waals surface area (Å²) in [7, 11) is 0. The molecule has 0 saturated heterocycles. The molecule has 328 valence electrons. The number of halogens is 2. The van der Waals surface area contributed by atoms with Gasteiger partial charge in [0.05, 0.1) is 11.0 Å². The monoisotopic (exact) mass is 894 g/mol. The van der Waals surface area contributed by atoms with E-state index >= 15 is 0 Å². The van der Waals surface area contributed by atoms with E-state index in [1.165, 1.54) is 24.3 Å². The summed E-state index contributed by atoms with van der Waals surface area (Å²) < 4.78 is 39.6. The molecule has 6 heterocycles. The summed E-state index contributed by atoms with van der Waals surface area (Å²) in [5.74, 6) is 0.473. The standard InChI is InChI=1S/2C27H18FN5O/c28-18-3-7-23-22(15-18)24(11-14-30-23)32-21-6-8-26-25(16-21)33-27(34-26)17-1-4-19(5-2-17)31-20-9-12-29-13-10-20;28-18-3-7-23-22(15-18)24(11-14-30-23)32-21-6-8-25-26(16-21)34-27(33-25)17-1-4-19(5-2-17)31-20-9-12-29-13-10-20/h2*1-16H,(H,29,31)(H,30,32). The maximum Gasteiger partial charge on any atom is 0.227 e. The first-order chi connectivity index (χ1) is 33.4. The summed E-state index contributed by atoms with van der Waals surface area (Å²) in [5, 5.41) is 14.8. The molecule has 0 atom stereocenters. The topological polar surface area (TPSA) is 152 Å². The first kappa shape index (κ1) is 41.2. The molecule has 4 N–H and O–H groups in total. The Hall–Kier alpha value is -9.56. The number of hydrogen-bond acceptors (Lipinski definition) is 12. The number of hydrogen-bond donors (Lipinski definition) is 4. The average molecular weight is 895 g/mol. The SMILES string of the molecule is Fc1ccc2nccc(Nc3ccc4nc(-c5ccc(Nc6ccncc6)cc5)oc4c3)c2c1.Fc1ccc2nccc(Nc3ccc4oc(-c5ccc(Nc6ccncc6)cc5)nc4c3)c2c1. The summed E-state index contributed by atoms with van der Waals surface area (Å²) >= 11 is 0. The van der Waals surface area contributed by atoms with E-state index in [-0.39, 0.29) is 11.6 Å². The normalized spacial score (nSPS) is 11.1. The molecule has 0 spiro atoms. The third-order valence-corrected chi connectivity index (χ3v) is 10.9. The number of rotatable bonds is 10. The van der Waals surface area contributed by atoms with Gasteiger partial charge in [-0.15, -0.1) is 0 Å². The van der Waals surface area contributed by atoms with E-state index in [9.17, 15) is 8.78 Å². The molecular weight excluding hydrogens is 859 g/mol. The van der Waals surface area contributed by atoms with Gasteiger partial charge >= 0.3 is 0 Å². The Morgan fingerprint density at radius 2 is 0.779 bits per heavy atom. The van der Waals surface area contributed by atoms with Crippen LogP contribution >= 0.6 is 0 Å². The van der Waals surface area contributed by atoms with Crippen LogP contribution < -0.4 is 21.3 Å². The molecular formula is C54H36F2N10O2. The Labute approximate surface area is 386 Å². The maximum atomic E-state index is 13.8.